The fourth-order valence-electron chi connectivity index (χ4n) is 15.0. The average molecular weight is 973 g/mol. The van der Waals surface area contributed by atoms with E-state index < -0.39 is 0 Å². The Morgan fingerprint density at radius 3 is 1.68 bits per heavy atom. The highest BCUT2D eigenvalue weighted by Crippen LogP contribution is 2.56. The van der Waals surface area contributed by atoms with Crippen molar-refractivity contribution in [1.29, 1.82) is 0 Å². The zero-order valence-corrected chi connectivity index (χ0v) is 47.2. The molecular weight excluding hydrogens is 896 g/mol. The van der Waals surface area contributed by atoms with Crippen LogP contribution in [0.25, 0.3) is 44.2 Å². The van der Waals surface area contributed by atoms with E-state index in [1.54, 1.807) is 0 Å². The van der Waals surface area contributed by atoms with Gasteiger partial charge in [-0.25, -0.2) is 0 Å². The van der Waals surface area contributed by atoms with Crippen molar-refractivity contribution in [3.8, 4) is 22.3 Å². The molecule has 0 saturated heterocycles. The van der Waals surface area contributed by atoms with Gasteiger partial charge >= 0.3 is 0 Å². The lowest BCUT2D eigenvalue weighted by molar-refractivity contribution is 0.332. The highest BCUT2D eigenvalue weighted by Gasteiger charge is 2.45. The lowest BCUT2D eigenvalue weighted by Gasteiger charge is -2.44. The molecule has 13 rings (SSSR count). The van der Waals surface area contributed by atoms with Crippen LogP contribution in [0.4, 0.5) is 28.4 Å². The minimum absolute atomic E-state index is 0.00162. The van der Waals surface area contributed by atoms with Crippen LogP contribution in [0.15, 0.2) is 114 Å². The van der Waals surface area contributed by atoms with E-state index in [4.69, 9.17) is 4.42 Å². The summed E-state index contributed by atoms with van der Waals surface area (Å²) in [5.74, 6) is 0. The Hall–Kier alpha value is -6.00. The number of rotatable bonds is 4. The minimum atomic E-state index is -0.137. The summed E-state index contributed by atoms with van der Waals surface area (Å²) in [6.45, 7) is 36.7. The molecular formula is C70H77BN2O. The predicted octanol–water partition coefficient (Wildman–Crippen LogP) is 17.8. The van der Waals surface area contributed by atoms with Gasteiger partial charge in [0, 0.05) is 44.5 Å². The second-order valence-corrected chi connectivity index (χ2v) is 28.2. The summed E-state index contributed by atoms with van der Waals surface area (Å²) in [5.41, 5.74) is 29.1. The number of nitrogens with zero attached hydrogens (tertiary/aromatic N) is 1. The number of furan rings is 1. The molecule has 1 aromatic heterocycles. The molecule has 1 N–H and O–H groups in total. The quantitative estimate of drug-likeness (QED) is 0.178. The van der Waals surface area contributed by atoms with Crippen LogP contribution in [0.3, 0.4) is 0 Å². The third kappa shape index (κ3) is 6.77. The molecule has 5 aliphatic rings. The molecule has 0 atom stereocenters. The first kappa shape index (κ1) is 47.7. The number of hydrogen-bond donors (Lipinski definition) is 1. The van der Waals surface area contributed by atoms with Gasteiger partial charge in [-0.3, -0.25) is 0 Å². The van der Waals surface area contributed by atoms with Gasteiger partial charge in [0.2, 0.25) is 0 Å². The van der Waals surface area contributed by atoms with Gasteiger partial charge in [-0.15, -0.1) is 0 Å². The number of benzene rings is 7. The molecule has 376 valence electrons. The Kier molecular flexibility index (Phi) is 9.88. The Labute approximate surface area is 442 Å². The van der Waals surface area contributed by atoms with Crippen molar-refractivity contribution < 1.29 is 4.42 Å². The van der Waals surface area contributed by atoms with Gasteiger partial charge in [0.25, 0.3) is 0 Å². The summed E-state index contributed by atoms with van der Waals surface area (Å²) in [5, 5.41) is 6.55. The summed E-state index contributed by atoms with van der Waals surface area (Å²) in [6.07, 6.45) is 7.00. The predicted molar refractivity (Wildman–Crippen MR) is 318 cm³/mol. The SMILES string of the molecule is Cc1cc2c(cc1N1c3ccc4c(c3Bc3c(-c5cc6c(cc5Nc5ccc7c(c5)C(C)(C)CCC7(C)C)C(C)(C)CCC6(C)C)cc5c(oc6ccccc65)c31)-c1ccccc1C4(C)C)C(C)(C)CCC2(C)C. The van der Waals surface area contributed by atoms with E-state index in [9.17, 15) is 0 Å². The van der Waals surface area contributed by atoms with Crippen LogP contribution >= 0.6 is 0 Å². The second kappa shape index (κ2) is 15.3. The number of fused-ring (bicyclic) bond motifs is 13. The first-order valence-electron chi connectivity index (χ1n) is 28.1. The molecule has 8 aromatic rings. The third-order valence-electron chi connectivity index (χ3n) is 20.2. The van der Waals surface area contributed by atoms with Gasteiger partial charge in [-0.1, -0.05) is 158 Å². The van der Waals surface area contributed by atoms with Crippen molar-refractivity contribution >= 4 is 68.6 Å². The van der Waals surface area contributed by atoms with Crippen molar-refractivity contribution in [2.75, 3.05) is 10.2 Å². The maximum Gasteiger partial charge on any atom is 0.199 e. The van der Waals surface area contributed by atoms with Crippen molar-refractivity contribution in [3.05, 3.63) is 159 Å². The molecule has 0 bridgehead atoms. The molecule has 1 aliphatic heterocycles. The Morgan fingerprint density at radius 1 is 0.446 bits per heavy atom. The first-order valence-corrected chi connectivity index (χ1v) is 28.1. The number of anilines is 5. The fourth-order valence-corrected chi connectivity index (χ4v) is 15.0. The van der Waals surface area contributed by atoms with E-state index >= 15 is 0 Å². The van der Waals surface area contributed by atoms with Crippen molar-refractivity contribution in [3.63, 3.8) is 0 Å². The van der Waals surface area contributed by atoms with Gasteiger partial charge in [0.1, 0.15) is 5.58 Å². The number of aryl methyl sites for hydroxylation is 1. The van der Waals surface area contributed by atoms with Crippen LogP contribution in [0.5, 0.6) is 0 Å². The number of nitrogens with one attached hydrogen (secondary N) is 1. The highest BCUT2D eigenvalue weighted by molar-refractivity contribution is 6.75. The van der Waals surface area contributed by atoms with Crippen molar-refractivity contribution in [2.45, 2.75) is 180 Å². The van der Waals surface area contributed by atoms with Gasteiger partial charge in [0.05, 0.1) is 5.69 Å². The lowest BCUT2D eigenvalue weighted by atomic mass is 9.55. The standard InChI is InChI=1S/C70H77BN2O/c1-40-34-50-54(69(12,13)33-30-65(50,4)5)39-57(40)73-56-27-26-49-59(43-21-16-18-22-47(43)70(49,14)15)61(56)71-60-45(36-46-42-20-17-19-23-58(42)74-63(46)62(60)73)44-37-52-53(68(10,11)32-31-67(52,8)9)38-55(44)72-41-24-25-48-51(35-41)66(6,7)29-28-64(48,2)3/h16-27,34-39,71-72H,28-33H2,1-15H3. The molecule has 0 amide bonds. The number of hydrogen-bond acceptors (Lipinski definition) is 3. The molecule has 0 radical (unpaired) electrons. The van der Waals surface area contributed by atoms with E-state index in [2.05, 4.69) is 223 Å². The second-order valence-electron chi connectivity index (χ2n) is 28.2. The summed E-state index contributed by atoms with van der Waals surface area (Å²) in [7, 11) is 0.771. The maximum atomic E-state index is 7.33. The molecule has 0 unspecified atom stereocenters. The normalized spacial score (nSPS) is 20.3. The van der Waals surface area contributed by atoms with E-state index in [1.165, 1.54) is 125 Å². The van der Waals surface area contributed by atoms with Gasteiger partial charge in [0.15, 0.2) is 12.9 Å². The molecule has 0 saturated carbocycles. The molecule has 74 heavy (non-hydrogen) atoms. The van der Waals surface area contributed by atoms with Crippen LogP contribution in [0, 0.1) is 6.92 Å². The van der Waals surface area contributed by atoms with E-state index in [1.807, 2.05) is 0 Å². The third-order valence-corrected chi connectivity index (χ3v) is 20.2. The summed E-state index contributed by atoms with van der Waals surface area (Å²) >= 11 is 0. The van der Waals surface area contributed by atoms with Gasteiger partial charge in [-0.2, -0.15) is 0 Å². The Balaban J connectivity index is 1.16. The highest BCUT2D eigenvalue weighted by atomic mass is 16.3. The topological polar surface area (TPSA) is 28.4 Å². The van der Waals surface area contributed by atoms with Crippen LogP contribution in [-0.4, -0.2) is 7.28 Å². The molecule has 4 aliphatic carbocycles. The van der Waals surface area contributed by atoms with Crippen LogP contribution in [-0.2, 0) is 37.9 Å². The first-order chi connectivity index (χ1) is 34.8. The van der Waals surface area contributed by atoms with Gasteiger partial charge in [-0.05, 0) is 204 Å². The van der Waals surface area contributed by atoms with E-state index in [-0.39, 0.29) is 37.9 Å². The molecule has 3 nitrogen and oxygen atoms in total. The molecule has 7 aromatic carbocycles. The number of para-hydroxylation sites is 1. The maximum absolute atomic E-state index is 7.33. The molecule has 0 spiro atoms. The van der Waals surface area contributed by atoms with Crippen LogP contribution in [0.1, 0.15) is 186 Å². The Morgan fingerprint density at radius 2 is 1.00 bits per heavy atom. The molecule has 4 heteroatoms. The van der Waals surface area contributed by atoms with E-state index in [0.717, 1.165) is 54.2 Å². The van der Waals surface area contributed by atoms with Crippen molar-refractivity contribution in [2.24, 2.45) is 0 Å². The lowest BCUT2D eigenvalue weighted by Crippen LogP contribution is -2.43. The zero-order valence-electron chi connectivity index (χ0n) is 47.2. The van der Waals surface area contributed by atoms with Crippen molar-refractivity contribution in [1.82, 2.24) is 0 Å². The molecule has 0 fully saturated rings. The summed E-state index contributed by atoms with van der Waals surface area (Å²) < 4.78 is 7.33. The zero-order chi connectivity index (χ0) is 52.0. The van der Waals surface area contributed by atoms with Crippen LogP contribution < -0.4 is 21.1 Å². The summed E-state index contributed by atoms with van der Waals surface area (Å²) in [6, 6.07) is 43.1. The smallest absolute Gasteiger partial charge is 0.199 e. The minimum Gasteiger partial charge on any atom is -0.454 e. The van der Waals surface area contributed by atoms with E-state index in [0.29, 0.717) is 0 Å². The fraction of sp³-hybridized carbons (Fsp3) is 0.400. The van der Waals surface area contributed by atoms with Crippen LogP contribution in [0.2, 0.25) is 0 Å². The average Bonchev–Trinajstić information content (AvgIpc) is 3.84. The largest absolute Gasteiger partial charge is 0.454 e. The Bertz CT molecular complexity index is 3740. The van der Waals surface area contributed by atoms with Gasteiger partial charge < -0.3 is 14.6 Å². The molecule has 2 heterocycles. The summed E-state index contributed by atoms with van der Waals surface area (Å²) in [4.78, 5) is 2.68. The monoisotopic (exact) mass is 973 g/mol.